The highest BCUT2D eigenvalue weighted by Gasteiger charge is 2.68. The first-order chi connectivity index (χ1) is 15.8. The predicted molar refractivity (Wildman–Crippen MR) is 125 cm³/mol. The standard InChI is InChI=1S/C20H22Cl3N3O7S/c1-19(2)13(17(29)32-3)26-15(28)12(16(26)34(19)31)24-14(27)11(10-7-5-4-6-8-10)25-18(30)33-9-20(21,22)23/h4-8,11-13,16H,9H2,1-3H3,(H,24,27)(H,25,30)/t11?,12?,13?,16-,34?/m1/s1. The van der Waals surface area contributed by atoms with Crippen LogP contribution in [0.2, 0.25) is 0 Å². The number of hydrogen-bond acceptors (Lipinski definition) is 7. The zero-order valence-corrected chi connectivity index (χ0v) is 21.3. The lowest BCUT2D eigenvalue weighted by Gasteiger charge is -2.43. The third-order valence-corrected chi connectivity index (χ3v) is 8.03. The molecule has 1 aromatic carbocycles. The summed E-state index contributed by atoms with van der Waals surface area (Å²) in [5, 5.41) is 3.98. The molecule has 3 amide bonds. The third kappa shape index (κ3) is 5.12. The van der Waals surface area contributed by atoms with Crippen LogP contribution in [-0.4, -0.2) is 72.7 Å². The summed E-state index contributed by atoms with van der Waals surface area (Å²) in [5.74, 6) is -2.04. The minimum absolute atomic E-state index is 0.384. The second-order valence-corrected chi connectivity index (χ2v) is 12.8. The summed E-state index contributed by atoms with van der Waals surface area (Å²) in [4.78, 5) is 51.6. The van der Waals surface area contributed by atoms with Crippen molar-refractivity contribution in [3.63, 3.8) is 0 Å². The third-order valence-electron chi connectivity index (χ3n) is 5.50. The molecule has 5 atom stereocenters. The predicted octanol–water partition coefficient (Wildman–Crippen LogP) is 1.56. The van der Waals surface area contributed by atoms with Crippen LogP contribution in [0.15, 0.2) is 30.3 Å². The molecule has 1 aromatic rings. The van der Waals surface area contributed by atoms with Crippen molar-refractivity contribution in [1.29, 1.82) is 0 Å². The summed E-state index contributed by atoms with van der Waals surface area (Å²) in [6, 6.07) is 4.69. The van der Waals surface area contributed by atoms with Gasteiger partial charge in [-0.1, -0.05) is 65.1 Å². The van der Waals surface area contributed by atoms with E-state index in [1.165, 1.54) is 12.0 Å². The Morgan fingerprint density at radius 1 is 1.21 bits per heavy atom. The van der Waals surface area contributed by atoms with E-state index in [4.69, 9.17) is 44.3 Å². The van der Waals surface area contributed by atoms with Crippen molar-refractivity contribution in [2.75, 3.05) is 13.7 Å². The first-order valence-corrected chi connectivity index (χ1v) is 12.3. The molecule has 0 bridgehead atoms. The van der Waals surface area contributed by atoms with Crippen LogP contribution in [-0.2, 0) is 34.7 Å². The lowest BCUT2D eigenvalue weighted by molar-refractivity contribution is -0.162. The normalized spacial score (nSPS) is 26.1. The van der Waals surface area contributed by atoms with Gasteiger partial charge in [0.2, 0.25) is 15.6 Å². The maximum Gasteiger partial charge on any atom is 0.408 e. The maximum atomic E-state index is 13.1. The molecule has 34 heavy (non-hydrogen) atoms. The molecule has 3 rings (SSSR count). The van der Waals surface area contributed by atoms with Gasteiger partial charge in [-0.05, 0) is 19.4 Å². The number of halogens is 3. The molecular formula is C20H22Cl3N3O7S. The molecule has 2 heterocycles. The van der Waals surface area contributed by atoms with Crippen LogP contribution >= 0.6 is 34.8 Å². The van der Waals surface area contributed by atoms with Gasteiger partial charge in [0.1, 0.15) is 30.1 Å². The average Bonchev–Trinajstić information content (AvgIpc) is 2.97. The molecule has 0 aliphatic carbocycles. The summed E-state index contributed by atoms with van der Waals surface area (Å²) in [6.45, 7) is 2.61. The Labute approximate surface area is 213 Å². The van der Waals surface area contributed by atoms with E-state index in [0.717, 1.165) is 0 Å². The number of benzene rings is 1. The van der Waals surface area contributed by atoms with Gasteiger partial charge in [0.25, 0.3) is 0 Å². The smallest absolute Gasteiger partial charge is 0.408 e. The molecule has 2 aliphatic rings. The Bertz CT molecular complexity index is 1020. The first-order valence-electron chi connectivity index (χ1n) is 9.95. The number of β-lactam (4-membered cyclic amide) rings is 1. The van der Waals surface area contributed by atoms with Crippen molar-refractivity contribution in [3.8, 4) is 0 Å². The lowest BCUT2D eigenvalue weighted by atomic mass is 9.95. The number of carbonyl (C=O) groups excluding carboxylic acids is 4. The van der Waals surface area contributed by atoms with E-state index in [9.17, 15) is 23.4 Å². The molecule has 2 aliphatic heterocycles. The van der Waals surface area contributed by atoms with Crippen LogP contribution in [0.5, 0.6) is 0 Å². The number of alkyl carbamates (subject to hydrolysis) is 1. The Morgan fingerprint density at radius 3 is 2.38 bits per heavy atom. The molecule has 10 nitrogen and oxygen atoms in total. The monoisotopic (exact) mass is 553 g/mol. The first kappa shape index (κ1) is 26.5. The van der Waals surface area contributed by atoms with Crippen molar-refractivity contribution in [1.82, 2.24) is 15.5 Å². The number of fused-ring (bicyclic) bond motifs is 1. The number of amides is 3. The van der Waals surface area contributed by atoms with E-state index < -0.39 is 73.3 Å². The minimum atomic E-state index is -1.85. The quantitative estimate of drug-likeness (QED) is 0.310. The number of rotatable bonds is 6. The average molecular weight is 555 g/mol. The SMILES string of the molecule is COC(=O)C1N2C(=O)C(NC(=O)C(NC(=O)OCC(Cl)(Cl)Cl)c3ccccc3)[C@H]2S(=O)C1(C)C. The number of alkyl halides is 3. The summed E-state index contributed by atoms with van der Waals surface area (Å²) < 4.78 is 19.8. The highest BCUT2D eigenvalue weighted by Crippen LogP contribution is 2.43. The Hall–Kier alpha value is -2.08. The Kier molecular flexibility index (Phi) is 7.71. The number of nitrogens with zero attached hydrogens (tertiary/aromatic N) is 1. The van der Waals surface area contributed by atoms with Crippen molar-refractivity contribution in [2.24, 2.45) is 0 Å². The molecule has 0 spiro atoms. The van der Waals surface area contributed by atoms with Crippen LogP contribution in [0, 0.1) is 0 Å². The molecule has 0 aromatic heterocycles. The van der Waals surface area contributed by atoms with Crippen LogP contribution in [0.4, 0.5) is 4.79 Å². The fraction of sp³-hybridized carbons (Fsp3) is 0.500. The number of esters is 1. The summed E-state index contributed by atoms with van der Waals surface area (Å²) >= 11 is 16.7. The topological polar surface area (TPSA) is 131 Å². The summed E-state index contributed by atoms with van der Waals surface area (Å²) in [6.07, 6.45) is -1.03. The molecule has 0 radical (unpaired) electrons. The van der Waals surface area contributed by atoms with Gasteiger partial charge < -0.3 is 25.0 Å². The van der Waals surface area contributed by atoms with Gasteiger partial charge in [-0.25, -0.2) is 9.59 Å². The fourth-order valence-corrected chi connectivity index (χ4v) is 5.95. The van der Waals surface area contributed by atoms with E-state index in [-0.39, 0.29) is 0 Å². The van der Waals surface area contributed by atoms with Gasteiger partial charge in [-0.2, -0.15) is 0 Å². The van der Waals surface area contributed by atoms with Gasteiger partial charge in [0.15, 0.2) is 0 Å². The highest BCUT2D eigenvalue weighted by atomic mass is 35.6. The molecule has 4 unspecified atom stereocenters. The van der Waals surface area contributed by atoms with Gasteiger partial charge in [0.05, 0.1) is 22.7 Å². The Morgan fingerprint density at radius 2 is 1.82 bits per heavy atom. The molecule has 2 saturated heterocycles. The van der Waals surface area contributed by atoms with E-state index in [0.29, 0.717) is 5.56 Å². The number of hydrogen-bond donors (Lipinski definition) is 2. The fourth-order valence-electron chi connectivity index (χ4n) is 3.87. The zero-order valence-electron chi connectivity index (χ0n) is 18.3. The number of nitrogens with one attached hydrogen (secondary N) is 2. The van der Waals surface area contributed by atoms with E-state index >= 15 is 0 Å². The van der Waals surface area contributed by atoms with Gasteiger partial charge in [0, 0.05) is 0 Å². The second kappa shape index (κ2) is 9.88. The number of carbonyl (C=O) groups is 4. The second-order valence-electron chi connectivity index (χ2n) is 8.13. The molecule has 2 fully saturated rings. The van der Waals surface area contributed by atoms with Crippen molar-refractivity contribution < 1.29 is 32.9 Å². The molecule has 0 saturated carbocycles. The van der Waals surface area contributed by atoms with Gasteiger partial charge in [-0.15, -0.1) is 0 Å². The molecule has 186 valence electrons. The van der Waals surface area contributed by atoms with Crippen molar-refractivity contribution >= 4 is 69.5 Å². The largest absolute Gasteiger partial charge is 0.467 e. The zero-order chi connectivity index (χ0) is 25.4. The highest BCUT2D eigenvalue weighted by molar-refractivity contribution is 7.87. The summed E-state index contributed by atoms with van der Waals surface area (Å²) in [5.41, 5.74) is 0.384. The van der Waals surface area contributed by atoms with Crippen LogP contribution < -0.4 is 10.6 Å². The maximum absolute atomic E-state index is 13.1. The van der Waals surface area contributed by atoms with Crippen LogP contribution in [0.3, 0.4) is 0 Å². The van der Waals surface area contributed by atoms with Crippen LogP contribution in [0.1, 0.15) is 25.5 Å². The van der Waals surface area contributed by atoms with Crippen molar-refractivity contribution in [3.05, 3.63) is 35.9 Å². The van der Waals surface area contributed by atoms with Gasteiger partial charge >= 0.3 is 12.1 Å². The lowest BCUT2D eigenvalue weighted by Crippen LogP contribution is -2.72. The van der Waals surface area contributed by atoms with Crippen LogP contribution in [0.25, 0.3) is 0 Å². The number of ether oxygens (including phenoxy) is 2. The summed E-state index contributed by atoms with van der Waals surface area (Å²) in [7, 11) is -0.512. The van der Waals surface area contributed by atoms with E-state index in [2.05, 4.69) is 10.6 Å². The molecule has 2 N–H and O–H groups in total. The molecule has 14 heteroatoms. The molecular weight excluding hydrogens is 533 g/mol. The van der Waals surface area contributed by atoms with Gasteiger partial charge in [-0.3, -0.25) is 13.8 Å². The van der Waals surface area contributed by atoms with Crippen molar-refractivity contribution in [2.45, 2.75) is 45.9 Å². The number of methoxy groups -OCH3 is 1. The minimum Gasteiger partial charge on any atom is -0.467 e. The van der Waals surface area contributed by atoms with E-state index in [1.807, 2.05) is 0 Å². The Balaban J connectivity index is 1.78. The van der Waals surface area contributed by atoms with E-state index in [1.54, 1.807) is 44.2 Å².